The van der Waals surface area contributed by atoms with Crippen LogP contribution in [0.1, 0.15) is 0 Å². The largest absolute Gasteiger partial charge is 0.497 e. The van der Waals surface area contributed by atoms with Gasteiger partial charge < -0.3 is 14.8 Å². The molecule has 0 atom stereocenters. The number of carbonyl (C=O) groups excluding carboxylic acids is 1. The molecule has 0 saturated carbocycles. The van der Waals surface area contributed by atoms with Gasteiger partial charge in [-0.25, -0.2) is 10.6 Å². The Morgan fingerprint density at radius 2 is 1.88 bits per heavy atom. The van der Waals surface area contributed by atoms with Crippen LogP contribution in [0.4, 0.5) is 4.79 Å². The van der Waals surface area contributed by atoms with Crippen LogP contribution in [0.3, 0.4) is 0 Å². The summed E-state index contributed by atoms with van der Waals surface area (Å²) in [6.07, 6.45) is 0. The van der Waals surface area contributed by atoms with Crippen molar-refractivity contribution < 1.29 is 14.3 Å². The highest BCUT2D eigenvalue weighted by molar-refractivity contribution is 5.85. The van der Waals surface area contributed by atoms with Gasteiger partial charge in [0.25, 0.3) is 0 Å². The van der Waals surface area contributed by atoms with E-state index in [1.165, 1.54) is 0 Å². The van der Waals surface area contributed by atoms with Crippen LogP contribution in [-0.2, 0) is 0 Å². The molecule has 0 spiro atoms. The summed E-state index contributed by atoms with van der Waals surface area (Å²) in [4.78, 5) is 10.7. The van der Waals surface area contributed by atoms with E-state index >= 15 is 0 Å². The van der Waals surface area contributed by atoms with Gasteiger partial charge in [0.1, 0.15) is 18.1 Å². The SMILES string of the molecule is COc1ccc(OCCNC(=O)NN)cc1.Cl. The van der Waals surface area contributed by atoms with Gasteiger partial charge in [-0.15, -0.1) is 12.4 Å². The van der Waals surface area contributed by atoms with Gasteiger partial charge >= 0.3 is 6.03 Å². The summed E-state index contributed by atoms with van der Waals surface area (Å²) in [6, 6.07) is 6.76. The second-order valence-electron chi connectivity index (χ2n) is 2.92. The van der Waals surface area contributed by atoms with Gasteiger partial charge in [-0.3, -0.25) is 5.43 Å². The van der Waals surface area contributed by atoms with E-state index in [2.05, 4.69) is 5.32 Å². The lowest BCUT2D eigenvalue weighted by Crippen LogP contribution is -2.41. The quantitative estimate of drug-likeness (QED) is 0.315. The first-order chi connectivity index (χ1) is 7.76. The fourth-order valence-electron chi connectivity index (χ4n) is 1.06. The van der Waals surface area contributed by atoms with Crippen molar-refractivity contribution in [3.8, 4) is 11.5 Å². The van der Waals surface area contributed by atoms with Crippen molar-refractivity contribution in [3.05, 3.63) is 24.3 Å². The summed E-state index contributed by atoms with van der Waals surface area (Å²) in [5.74, 6) is 6.37. The Morgan fingerprint density at radius 3 is 2.41 bits per heavy atom. The molecular weight excluding hydrogens is 246 g/mol. The summed E-state index contributed by atoms with van der Waals surface area (Å²) in [5, 5.41) is 2.50. The molecule has 0 aliphatic carbocycles. The third-order valence-corrected chi connectivity index (χ3v) is 1.85. The summed E-state index contributed by atoms with van der Waals surface area (Å²) >= 11 is 0. The van der Waals surface area contributed by atoms with Gasteiger partial charge in [-0.2, -0.15) is 0 Å². The second kappa shape index (κ2) is 8.49. The molecule has 0 aliphatic rings. The molecule has 2 amide bonds. The van der Waals surface area contributed by atoms with Crippen molar-refractivity contribution in [2.75, 3.05) is 20.3 Å². The zero-order valence-corrected chi connectivity index (χ0v) is 10.3. The molecule has 1 aromatic rings. The average Bonchev–Trinajstić information content (AvgIpc) is 2.35. The van der Waals surface area contributed by atoms with Crippen molar-refractivity contribution in [2.45, 2.75) is 0 Å². The minimum atomic E-state index is -0.432. The Balaban J connectivity index is 0.00000256. The van der Waals surface area contributed by atoms with Crippen LogP contribution in [0.5, 0.6) is 11.5 Å². The molecule has 6 nitrogen and oxygen atoms in total. The van der Waals surface area contributed by atoms with Gasteiger partial charge in [0.2, 0.25) is 0 Å². The van der Waals surface area contributed by atoms with E-state index in [1.807, 2.05) is 5.43 Å². The standard InChI is InChI=1S/C10H15N3O3.ClH/c1-15-8-2-4-9(5-3-8)16-7-6-12-10(14)13-11;/h2-5H,6-7,11H2,1H3,(H2,12,13,14);1H. The number of rotatable bonds is 5. The molecule has 0 aliphatic heterocycles. The van der Waals surface area contributed by atoms with Gasteiger partial charge in [0.15, 0.2) is 0 Å². The summed E-state index contributed by atoms with van der Waals surface area (Å²) in [7, 11) is 1.60. The number of methoxy groups -OCH3 is 1. The molecule has 1 rings (SSSR count). The predicted molar refractivity (Wildman–Crippen MR) is 66.5 cm³/mol. The number of ether oxygens (including phenoxy) is 2. The van der Waals surface area contributed by atoms with Crippen LogP contribution in [0.15, 0.2) is 24.3 Å². The summed E-state index contributed by atoms with van der Waals surface area (Å²) in [6.45, 7) is 0.759. The van der Waals surface area contributed by atoms with Gasteiger partial charge in [0.05, 0.1) is 13.7 Å². The highest BCUT2D eigenvalue weighted by Crippen LogP contribution is 2.16. The number of carbonyl (C=O) groups is 1. The molecule has 0 unspecified atom stereocenters. The first-order valence-corrected chi connectivity index (χ1v) is 4.77. The zero-order chi connectivity index (χ0) is 11.8. The first kappa shape index (κ1) is 15.3. The molecule has 0 bridgehead atoms. The molecule has 96 valence electrons. The van der Waals surface area contributed by atoms with Crippen molar-refractivity contribution in [2.24, 2.45) is 5.84 Å². The predicted octanol–water partition coefficient (Wildman–Crippen LogP) is 0.669. The number of hydrazine groups is 1. The van der Waals surface area contributed by atoms with Crippen molar-refractivity contribution in [3.63, 3.8) is 0 Å². The second-order valence-corrected chi connectivity index (χ2v) is 2.92. The van der Waals surface area contributed by atoms with E-state index in [-0.39, 0.29) is 12.4 Å². The van der Waals surface area contributed by atoms with Crippen LogP contribution in [0.2, 0.25) is 0 Å². The normalized spacial score (nSPS) is 8.82. The molecule has 0 aromatic heterocycles. The monoisotopic (exact) mass is 261 g/mol. The number of benzene rings is 1. The number of nitrogens with two attached hydrogens (primary N) is 1. The topological polar surface area (TPSA) is 85.6 Å². The van der Waals surface area contributed by atoms with E-state index in [0.717, 1.165) is 11.5 Å². The Kier molecular flexibility index (Phi) is 7.66. The summed E-state index contributed by atoms with van der Waals surface area (Å²) < 4.78 is 10.4. The number of halogens is 1. The fourth-order valence-corrected chi connectivity index (χ4v) is 1.06. The minimum absolute atomic E-state index is 0. The van der Waals surface area contributed by atoms with E-state index in [0.29, 0.717) is 13.2 Å². The van der Waals surface area contributed by atoms with Crippen LogP contribution in [-0.4, -0.2) is 26.3 Å². The van der Waals surface area contributed by atoms with Crippen LogP contribution in [0.25, 0.3) is 0 Å². The Labute approximate surface area is 106 Å². The lowest BCUT2D eigenvalue weighted by atomic mass is 10.3. The Morgan fingerprint density at radius 1 is 1.29 bits per heavy atom. The maximum absolute atomic E-state index is 10.7. The number of amides is 2. The Hall–Kier alpha value is -1.66. The molecule has 4 N–H and O–H groups in total. The fraction of sp³-hybridized carbons (Fsp3) is 0.300. The molecule has 0 saturated heterocycles. The van der Waals surface area contributed by atoms with E-state index in [9.17, 15) is 4.79 Å². The van der Waals surface area contributed by atoms with Crippen LogP contribution >= 0.6 is 12.4 Å². The van der Waals surface area contributed by atoms with Crippen molar-refractivity contribution in [1.29, 1.82) is 0 Å². The van der Waals surface area contributed by atoms with Gasteiger partial charge in [0, 0.05) is 0 Å². The van der Waals surface area contributed by atoms with Gasteiger partial charge in [-0.05, 0) is 24.3 Å². The lowest BCUT2D eigenvalue weighted by Gasteiger charge is -2.07. The van der Waals surface area contributed by atoms with Crippen LogP contribution in [0, 0.1) is 0 Å². The number of nitrogens with one attached hydrogen (secondary N) is 2. The van der Waals surface area contributed by atoms with Crippen molar-refractivity contribution in [1.82, 2.24) is 10.7 Å². The molecule has 0 heterocycles. The molecule has 17 heavy (non-hydrogen) atoms. The molecule has 0 radical (unpaired) electrons. The molecule has 0 fully saturated rings. The minimum Gasteiger partial charge on any atom is -0.497 e. The average molecular weight is 262 g/mol. The summed E-state index contributed by atoms with van der Waals surface area (Å²) in [5.41, 5.74) is 1.96. The maximum Gasteiger partial charge on any atom is 0.329 e. The molecular formula is C10H16ClN3O3. The molecule has 7 heteroatoms. The zero-order valence-electron chi connectivity index (χ0n) is 9.43. The van der Waals surface area contributed by atoms with E-state index in [4.69, 9.17) is 15.3 Å². The van der Waals surface area contributed by atoms with Crippen LogP contribution < -0.4 is 26.1 Å². The number of urea groups is 1. The highest BCUT2D eigenvalue weighted by Gasteiger charge is 1.97. The van der Waals surface area contributed by atoms with E-state index < -0.39 is 6.03 Å². The lowest BCUT2D eigenvalue weighted by molar-refractivity contribution is 0.236. The Bertz CT molecular complexity index is 332. The van der Waals surface area contributed by atoms with Crippen molar-refractivity contribution >= 4 is 18.4 Å². The smallest absolute Gasteiger partial charge is 0.329 e. The first-order valence-electron chi connectivity index (χ1n) is 4.77. The number of hydrogen-bond acceptors (Lipinski definition) is 4. The third kappa shape index (κ3) is 5.84. The third-order valence-electron chi connectivity index (χ3n) is 1.85. The maximum atomic E-state index is 10.7. The molecule has 1 aromatic carbocycles. The highest BCUT2D eigenvalue weighted by atomic mass is 35.5. The number of hydrogen-bond donors (Lipinski definition) is 3. The van der Waals surface area contributed by atoms with E-state index in [1.54, 1.807) is 31.4 Å². The van der Waals surface area contributed by atoms with Gasteiger partial charge in [-0.1, -0.05) is 0 Å².